The third kappa shape index (κ3) is 3.71. The first-order valence-corrected chi connectivity index (χ1v) is 9.11. The number of hydrogen-bond donors (Lipinski definition) is 1. The highest BCUT2D eigenvalue weighted by Crippen LogP contribution is 2.27. The van der Waals surface area contributed by atoms with E-state index in [1.165, 1.54) is 0 Å². The Morgan fingerprint density at radius 1 is 1.48 bits per heavy atom. The SMILES string of the molecule is C=CCn1c(C(=O)NCCCn2ccnc2CC)cc2oc(Br)cc21. The molecule has 0 radical (unpaired) electrons. The molecule has 0 atom stereocenters. The van der Waals surface area contributed by atoms with Crippen LogP contribution in [0.15, 0.2) is 46.3 Å². The van der Waals surface area contributed by atoms with Crippen LogP contribution in [0.4, 0.5) is 0 Å². The van der Waals surface area contributed by atoms with E-state index in [1.54, 1.807) is 12.1 Å². The Hall–Kier alpha value is -2.28. The van der Waals surface area contributed by atoms with Crippen molar-refractivity contribution in [1.82, 2.24) is 19.4 Å². The van der Waals surface area contributed by atoms with Crippen molar-refractivity contribution in [3.8, 4) is 0 Å². The highest BCUT2D eigenvalue weighted by Gasteiger charge is 2.17. The van der Waals surface area contributed by atoms with E-state index in [9.17, 15) is 4.79 Å². The molecule has 0 saturated heterocycles. The van der Waals surface area contributed by atoms with Crippen molar-refractivity contribution in [3.63, 3.8) is 0 Å². The van der Waals surface area contributed by atoms with Crippen LogP contribution in [-0.2, 0) is 19.5 Å². The van der Waals surface area contributed by atoms with E-state index < -0.39 is 0 Å². The number of aryl methyl sites for hydroxylation is 2. The molecule has 6 nitrogen and oxygen atoms in total. The lowest BCUT2D eigenvalue weighted by Crippen LogP contribution is -2.27. The molecular weight excluding hydrogens is 384 g/mol. The van der Waals surface area contributed by atoms with Gasteiger partial charge in [-0.1, -0.05) is 13.0 Å². The molecule has 0 aliphatic carbocycles. The van der Waals surface area contributed by atoms with Gasteiger partial charge in [-0.25, -0.2) is 4.98 Å². The van der Waals surface area contributed by atoms with Gasteiger partial charge in [-0.15, -0.1) is 6.58 Å². The number of imidazole rings is 1. The van der Waals surface area contributed by atoms with E-state index in [2.05, 4.69) is 44.3 Å². The van der Waals surface area contributed by atoms with E-state index >= 15 is 0 Å². The summed E-state index contributed by atoms with van der Waals surface area (Å²) in [4.78, 5) is 16.8. The topological polar surface area (TPSA) is 65.0 Å². The summed E-state index contributed by atoms with van der Waals surface area (Å²) in [5.41, 5.74) is 2.14. The molecule has 0 aliphatic heterocycles. The van der Waals surface area contributed by atoms with Crippen molar-refractivity contribution in [2.24, 2.45) is 0 Å². The third-order valence-corrected chi connectivity index (χ3v) is 4.47. The number of nitrogens with zero attached hydrogens (tertiary/aromatic N) is 3. The smallest absolute Gasteiger partial charge is 0.268 e. The molecular formula is C18H21BrN4O2. The number of rotatable bonds is 8. The van der Waals surface area contributed by atoms with Crippen molar-refractivity contribution in [2.75, 3.05) is 6.54 Å². The molecule has 0 aromatic carbocycles. The first-order chi connectivity index (χ1) is 12.1. The second kappa shape index (κ2) is 7.74. The normalized spacial score (nSPS) is 11.1. The second-order valence-corrected chi connectivity index (χ2v) is 6.51. The molecule has 3 rings (SSSR count). The molecule has 0 saturated carbocycles. The lowest BCUT2D eigenvalue weighted by atomic mass is 10.3. The first kappa shape index (κ1) is 17.5. The van der Waals surface area contributed by atoms with Crippen molar-refractivity contribution in [3.05, 3.63) is 53.4 Å². The van der Waals surface area contributed by atoms with Crippen LogP contribution in [0.5, 0.6) is 0 Å². The van der Waals surface area contributed by atoms with Gasteiger partial charge in [-0.2, -0.15) is 0 Å². The van der Waals surface area contributed by atoms with E-state index in [0.29, 0.717) is 29.0 Å². The Morgan fingerprint density at radius 2 is 2.32 bits per heavy atom. The van der Waals surface area contributed by atoms with E-state index in [4.69, 9.17) is 4.42 Å². The van der Waals surface area contributed by atoms with Crippen LogP contribution < -0.4 is 5.32 Å². The molecule has 3 aromatic rings. The number of halogens is 1. The number of fused-ring (bicyclic) bond motifs is 1. The summed E-state index contributed by atoms with van der Waals surface area (Å²) >= 11 is 3.32. The standard InChI is InChI=1S/C18H21BrN4O2/c1-3-8-23-13-12-16(19)25-15(13)11-14(23)18(24)21-6-5-9-22-10-7-20-17(22)4-2/h3,7,10-12H,1,4-6,8-9H2,2H3,(H,21,24). The van der Waals surface area contributed by atoms with Crippen LogP contribution in [0.3, 0.4) is 0 Å². The average molecular weight is 405 g/mol. The number of nitrogens with one attached hydrogen (secondary N) is 1. The number of carbonyl (C=O) groups excluding carboxylic acids is 1. The fourth-order valence-electron chi connectivity index (χ4n) is 2.93. The summed E-state index contributed by atoms with van der Waals surface area (Å²) in [6.45, 7) is 7.84. The molecule has 1 N–H and O–H groups in total. The van der Waals surface area contributed by atoms with Crippen LogP contribution in [0.25, 0.3) is 11.1 Å². The fraction of sp³-hybridized carbons (Fsp3) is 0.333. The maximum Gasteiger partial charge on any atom is 0.268 e. The molecule has 0 bridgehead atoms. The number of aromatic nitrogens is 3. The fourth-order valence-corrected chi connectivity index (χ4v) is 3.32. The summed E-state index contributed by atoms with van der Waals surface area (Å²) in [5, 5.41) is 2.98. The maximum atomic E-state index is 12.5. The van der Waals surface area contributed by atoms with Gasteiger partial charge in [0.05, 0.1) is 5.52 Å². The Bertz CT molecular complexity index is 890. The van der Waals surface area contributed by atoms with E-state index in [0.717, 1.165) is 30.7 Å². The summed E-state index contributed by atoms with van der Waals surface area (Å²) in [6.07, 6.45) is 7.30. The van der Waals surface area contributed by atoms with Crippen LogP contribution in [0.2, 0.25) is 0 Å². The first-order valence-electron chi connectivity index (χ1n) is 8.31. The van der Waals surface area contributed by atoms with Gasteiger partial charge in [0.2, 0.25) is 0 Å². The van der Waals surface area contributed by atoms with Crippen LogP contribution in [0.1, 0.15) is 29.7 Å². The second-order valence-electron chi connectivity index (χ2n) is 5.73. The maximum absolute atomic E-state index is 12.5. The predicted molar refractivity (Wildman–Crippen MR) is 101 cm³/mol. The summed E-state index contributed by atoms with van der Waals surface area (Å²) < 4.78 is 10.2. The van der Waals surface area contributed by atoms with Gasteiger partial charge in [-0.05, 0) is 22.4 Å². The predicted octanol–water partition coefficient (Wildman–Crippen LogP) is 3.76. The highest BCUT2D eigenvalue weighted by atomic mass is 79.9. The lowest BCUT2D eigenvalue weighted by molar-refractivity contribution is 0.0944. The zero-order chi connectivity index (χ0) is 17.8. The van der Waals surface area contributed by atoms with Gasteiger partial charge < -0.3 is 18.9 Å². The molecule has 132 valence electrons. The molecule has 0 spiro atoms. The molecule has 0 fully saturated rings. The molecule has 0 aliphatic rings. The van der Waals surface area contributed by atoms with E-state index in [-0.39, 0.29) is 5.91 Å². The quantitative estimate of drug-likeness (QED) is 0.459. The van der Waals surface area contributed by atoms with E-state index in [1.807, 2.05) is 23.0 Å². The van der Waals surface area contributed by atoms with Gasteiger partial charge >= 0.3 is 0 Å². The summed E-state index contributed by atoms with van der Waals surface area (Å²) in [5.74, 6) is 0.961. The van der Waals surface area contributed by atoms with Gasteiger partial charge in [0.15, 0.2) is 10.3 Å². The Balaban J connectivity index is 1.63. The average Bonchev–Trinajstić information content (AvgIpc) is 3.27. The minimum Gasteiger partial charge on any atom is -0.448 e. The molecule has 3 heterocycles. The highest BCUT2D eigenvalue weighted by molar-refractivity contribution is 9.10. The van der Waals surface area contributed by atoms with Crippen molar-refractivity contribution in [2.45, 2.75) is 32.9 Å². The van der Waals surface area contributed by atoms with Gasteiger partial charge in [0.1, 0.15) is 11.5 Å². The number of carbonyl (C=O) groups is 1. The van der Waals surface area contributed by atoms with Crippen molar-refractivity contribution >= 4 is 32.9 Å². The number of amides is 1. The summed E-state index contributed by atoms with van der Waals surface area (Å²) in [6, 6.07) is 3.63. The number of allylic oxidation sites excluding steroid dienone is 1. The monoisotopic (exact) mass is 404 g/mol. The van der Waals surface area contributed by atoms with Crippen LogP contribution in [-0.4, -0.2) is 26.6 Å². The van der Waals surface area contributed by atoms with Gasteiger partial charge in [0, 0.05) is 50.6 Å². The third-order valence-electron chi connectivity index (χ3n) is 4.08. The molecule has 7 heteroatoms. The number of hydrogen-bond acceptors (Lipinski definition) is 3. The number of furan rings is 1. The Labute approximate surface area is 154 Å². The Morgan fingerprint density at radius 3 is 3.08 bits per heavy atom. The molecule has 1 amide bonds. The Kier molecular flexibility index (Phi) is 5.43. The van der Waals surface area contributed by atoms with Crippen LogP contribution in [0, 0.1) is 0 Å². The minimum absolute atomic E-state index is 0.106. The van der Waals surface area contributed by atoms with Crippen molar-refractivity contribution < 1.29 is 9.21 Å². The molecule has 25 heavy (non-hydrogen) atoms. The summed E-state index contributed by atoms with van der Waals surface area (Å²) in [7, 11) is 0. The zero-order valence-electron chi connectivity index (χ0n) is 14.2. The molecule has 0 unspecified atom stereocenters. The zero-order valence-corrected chi connectivity index (χ0v) is 15.8. The van der Waals surface area contributed by atoms with Gasteiger partial charge in [0.25, 0.3) is 5.91 Å². The minimum atomic E-state index is -0.106. The van der Waals surface area contributed by atoms with Crippen molar-refractivity contribution in [1.29, 1.82) is 0 Å². The lowest BCUT2D eigenvalue weighted by Gasteiger charge is -2.10. The molecule has 3 aromatic heterocycles. The largest absolute Gasteiger partial charge is 0.448 e. The van der Waals surface area contributed by atoms with Gasteiger partial charge in [-0.3, -0.25) is 4.79 Å². The van der Waals surface area contributed by atoms with Crippen LogP contribution >= 0.6 is 15.9 Å².